The van der Waals surface area contributed by atoms with E-state index in [0.717, 1.165) is 16.4 Å². The summed E-state index contributed by atoms with van der Waals surface area (Å²) in [5, 5.41) is 22.3. The highest BCUT2D eigenvalue weighted by molar-refractivity contribution is 7.93. The van der Waals surface area contributed by atoms with Crippen molar-refractivity contribution in [2.24, 2.45) is 0 Å². The minimum Gasteiger partial charge on any atom is -0.454 e. The minimum absolute atomic E-state index is 0.00551. The second kappa shape index (κ2) is 7.89. The normalized spacial score (nSPS) is 12.6. The highest BCUT2D eigenvalue weighted by Gasteiger charge is 2.34. The number of nitro benzene ring substituents is 2. The van der Waals surface area contributed by atoms with Gasteiger partial charge in [0.25, 0.3) is 21.4 Å². The van der Waals surface area contributed by atoms with Gasteiger partial charge in [-0.3, -0.25) is 24.5 Å². The predicted octanol–water partition coefficient (Wildman–Crippen LogP) is 2.07. The quantitative estimate of drug-likeness (QED) is 0.457. The third kappa shape index (κ3) is 3.90. The maximum absolute atomic E-state index is 13.3. The zero-order valence-electron chi connectivity index (χ0n) is 15.0. The smallest absolute Gasteiger partial charge is 0.296 e. The van der Waals surface area contributed by atoms with E-state index >= 15 is 0 Å². The van der Waals surface area contributed by atoms with Crippen molar-refractivity contribution in [3.05, 3.63) is 56.6 Å². The number of sulfonamides is 1. The molecule has 0 N–H and O–H groups in total. The Balaban J connectivity index is 2.12. The molecule has 0 bridgehead atoms. The number of fused-ring (bicyclic) bond motifs is 1. The van der Waals surface area contributed by atoms with E-state index in [4.69, 9.17) is 14.2 Å². The molecule has 0 aromatic heterocycles. The van der Waals surface area contributed by atoms with E-state index in [9.17, 15) is 28.6 Å². The van der Waals surface area contributed by atoms with E-state index in [-0.39, 0.29) is 25.6 Å². The number of hydrogen-bond donors (Lipinski definition) is 0. The van der Waals surface area contributed by atoms with Crippen molar-refractivity contribution in [3.8, 4) is 11.5 Å². The number of non-ortho nitro benzene ring substituents is 1. The molecular weight excluding hydrogens is 410 g/mol. The number of anilines is 1. The third-order valence-corrected chi connectivity index (χ3v) is 5.94. The molecule has 0 radical (unpaired) electrons. The zero-order valence-corrected chi connectivity index (χ0v) is 15.8. The van der Waals surface area contributed by atoms with Crippen LogP contribution in [0, 0.1) is 20.2 Å². The first-order valence-corrected chi connectivity index (χ1v) is 9.54. The zero-order chi connectivity index (χ0) is 21.2. The highest BCUT2D eigenvalue weighted by atomic mass is 32.2. The fourth-order valence-corrected chi connectivity index (χ4v) is 4.28. The standard InChI is InChI=1S/C16H15N3O9S/c1-26-7-6-17(11-2-4-14-15(9-11)28-10-27-14)29(24,25)16-5-3-12(18(20)21)8-13(16)19(22)23/h2-5,8-9H,6-7,10H2,1H3. The Labute approximate surface area is 164 Å². The molecule has 2 aromatic rings. The topological polar surface area (TPSA) is 151 Å². The van der Waals surface area contributed by atoms with Crippen LogP contribution in [0.3, 0.4) is 0 Å². The lowest BCUT2D eigenvalue weighted by Crippen LogP contribution is -2.34. The molecule has 1 aliphatic heterocycles. The van der Waals surface area contributed by atoms with Crippen molar-refractivity contribution in [2.75, 3.05) is 31.4 Å². The summed E-state index contributed by atoms with van der Waals surface area (Å²) in [6.07, 6.45) is 0. The summed E-state index contributed by atoms with van der Waals surface area (Å²) in [5.41, 5.74) is -1.33. The fraction of sp³-hybridized carbons (Fsp3) is 0.250. The van der Waals surface area contributed by atoms with Crippen molar-refractivity contribution in [1.29, 1.82) is 0 Å². The average molecular weight is 425 g/mol. The molecule has 154 valence electrons. The summed E-state index contributed by atoms with van der Waals surface area (Å²) in [6, 6.07) is 6.75. The Hall–Kier alpha value is -3.45. The van der Waals surface area contributed by atoms with Gasteiger partial charge in [0, 0.05) is 19.2 Å². The predicted molar refractivity (Wildman–Crippen MR) is 98.7 cm³/mol. The molecule has 0 spiro atoms. The van der Waals surface area contributed by atoms with Crippen molar-refractivity contribution in [3.63, 3.8) is 0 Å². The lowest BCUT2D eigenvalue weighted by molar-refractivity contribution is -0.396. The van der Waals surface area contributed by atoms with Crippen LogP contribution in [0.5, 0.6) is 11.5 Å². The molecule has 13 heteroatoms. The summed E-state index contributed by atoms with van der Waals surface area (Å²) in [4.78, 5) is 19.8. The minimum atomic E-state index is -4.47. The molecule has 29 heavy (non-hydrogen) atoms. The van der Waals surface area contributed by atoms with E-state index in [1.54, 1.807) is 0 Å². The fourth-order valence-electron chi connectivity index (χ4n) is 2.70. The number of methoxy groups -OCH3 is 1. The van der Waals surface area contributed by atoms with E-state index < -0.39 is 36.1 Å². The molecule has 0 saturated carbocycles. The Morgan fingerprint density at radius 1 is 1.07 bits per heavy atom. The summed E-state index contributed by atoms with van der Waals surface area (Å²) in [6.45, 7) is -0.182. The lowest BCUT2D eigenvalue weighted by Gasteiger charge is -2.24. The van der Waals surface area contributed by atoms with Gasteiger partial charge in [-0.05, 0) is 18.2 Å². The second-order valence-corrected chi connectivity index (χ2v) is 7.60. The van der Waals surface area contributed by atoms with Gasteiger partial charge in [0.1, 0.15) is 0 Å². The monoisotopic (exact) mass is 425 g/mol. The number of nitro groups is 2. The van der Waals surface area contributed by atoms with Gasteiger partial charge in [-0.25, -0.2) is 8.42 Å². The molecule has 0 unspecified atom stereocenters. The molecular formula is C16H15N3O9S. The first kappa shape index (κ1) is 20.3. The van der Waals surface area contributed by atoms with Crippen molar-refractivity contribution in [2.45, 2.75) is 4.90 Å². The van der Waals surface area contributed by atoms with Gasteiger partial charge in [-0.2, -0.15) is 0 Å². The highest BCUT2D eigenvalue weighted by Crippen LogP contribution is 2.38. The molecule has 3 rings (SSSR count). The first-order valence-electron chi connectivity index (χ1n) is 8.10. The second-order valence-electron chi connectivity index (χ2n) is 5.77. The molecule has 1 aliphatic rings. The van der Waals surface area contributed by atoms with Crippen LogP contribution in [0.2, 0.25) is 0 Å². The number of rotatable bonds is 8. The summed E-state index contributed by atoms with van der Waals surface area (Å²) in [5.74, 6) is 0.748. The molecule has 0 saturated heterocycles. The van der Waals surface area contributed by atoms with Crippen LogP contribution in [0.4, 0.5) is 17.1 Å². The number of ether oxygens (including phenoxy) is 3. The molecule has 0 atom stereocenters. The largest absolute Gasteiger partial charge is 0.454 e. The van der Waals surface area contributed by atoms with Crippen LogP contribution in [0.15, 0.2) is 41.3 Å². The van der Waals surface area contributed by atoms with Crippen LogP contribution in [-0.2, 0) is 14.8 Å². The van der Waals surface area contributed by atoms with Crippen LogP contribution < -0.4 is 13.8 Å². The van der Waals surface area contributed by atoms with E-state index in [0.29, 0.717) is 17.6 Å². The Morgan fingerprint density at radius 2 is 1.79 bits per heavy atom. The Kier molecular flexibility index (Phi) is 5.52. The van der Waals surface area contributed by atoms with Gasteiger partial charge in [0.2, 0.25) is 6.79 Å². The van der Waals surface area contributed by atoms with Gasteiger partial charge in [0.15, 0.2) is 16.4 Å². The van der Waals surface area contributed by atoms with Crippen LogP contribution in [-0.4, -0.2) is 45.3 Å². The number of nitrogens with zero attached hydrogens (tertiary/aromatic N) is 3. The van der Waals surface area contributed by atoms with Gasteiger partial charge >= 0.3 is 0 Å². The van der Waals surface area contributed by atoms with Gasteiger partial charge in [-0.1, -0.05) is 0 Å². The molecule has 0 amide bonds. The van der Waals surface area contributed by atoms with Gasteiger partial charge in [-0.15, -0.1) is 0 Å². The number of hydrogen-bond acceptors (Lipinski definition) is 9. The lowest BCUT2D eigenvalue weighted by atomic mass is 10.3. The van der Waals surface area contributed by atoms with Gasteiger partial charge in [0.05, 0.1) is 34.8 Å². The van der Waals surface area contributed by atoms with Crippen molar-refractivity contribution >= 4 is 27.1 Å². The van der Waals surface area contributed by atoms with Gasteiger partial charge < -0.3 is 14.2 Å². The third-order valence-electron chi connectivity index (χ3n) is 4.06. The summed E-state index contributed by atoms with van der Waals surface area (Å²) < 4.78 is 42.9. The van der Waals surface area contributed by atoms with E-state index in [2.05, 4.69) is 0 Å². The molecule has 1 heterocycles. The van der Waals surface area contributed by atoms with E-state index in [1.807, 2.05) is 0 Å². The summed E-state index contributed by atoms with van der Waals surface area (Å²) in [7, 11) is -3.10. The van der Waals surface area contributed by atoms with Crippen molar-refractivity contribution in [1.82, 2.24) is 0 Å². The van der Waals surface area contributed by atoms with E-state index in [1.165, 1.54) is 25.3 Å². The number of benzene rings is 2. The molecule has 0 aliphatic carbocycles. The van der Waals surface area contributed by atoms with Crippen LogP contribution in [0.1, 0.15) is 0 Å². The first-order chi connectivity index (χ1) is 13.8. The Morgan fingerprint density at radius 3 is 2.45 bits per heavy atom. The molecule has 0 fully saturated rings. The summed E-state index contributed by atoms with van der Waals surface area (Å²) >= 11 is 0. The van der Waals surface area contributed by atoms with Crippen LogP contribution >= 0.6 is 0 Å². The SMILES string of the molecule is COCCN(c1ccc2c(c1)OCO2)S(=O)(=O)c1ccc([N+](=O)[O-])cc1[N+](=O)[O-]. The van der Waals surface area contributed by atoms with Crippen LogP contribution in [0.25, 0.3) is 0 Å². The molecule has 12 nitrogen and oxygen atoms in total. The van der Waals surface area contributed by atoms with Crippen molar-refractivity contribution < 1.29 is 32.5 Å². The molecule has 2 aromatic carbocycles. The Bertz CT molecular complexity index is 1070. The average Bonchev–Trinajstić information content (AvgIpc) is 3.15. The maximum atomic E-state index is 13.3. The maximum Gasteiger partial charge on any atom is 0.296 e.